The second kappa shape index (κ2) is 4.75. The van der Waals surface area contributed by atoms with Crippen LogP contribution in [0.5, 0.6) is 5.75 Å². The van der Waals surface area contributed by atoms with Gasteiger partial charge in [0, 0.05) is 11.7 Å². The largest absolute Gasteiger partial charge is 0.507 e. The third-order valence-corrected chi connectivity index (χ3v) is 3.86. The van der Waals surface area contributed by atoms with E-state index in [0.717, 1.165) is 0 Å². The van der Waals surface area contributed by atoms with Crippen molar-refractivity contribution in [3.8, 4) is 5.75 Å². The zero-order chi connectivity index (χ0) is 15.1. The van der Waals surface area contributed by atoms with Crippen LogP contribution in [0.2, 0.25) is 0 Å². The van der Waals surface area contributed by atoms with Crippen molar-refractivity contribution < 1.29 is 23.9 Å². The average Bonchev–Trinajstić information content (AvgIpc) is 2.56. The van der Waals surface area contributed by atoms with Gasteiger partial charge in [0.15, 0.2) is 0 Å². The van der Waals surface area contributed by atoms with E-state index in [9.17, 15) is 9.90 Å². The molecule has 0 saturated carbocycles. The van der Waals surface area contributed by atoms with E-state index in [4.69, 9.17) is 14.0 Å². The fourth-order valence-electron chi connectivity index (χ4n) is 1.94. The monoisotopic (exact) mass is 279 g/mol. The summed E-state index contributed by atoms with van der Waals surface area (Å²) < 4.78 is 16.4. The molecular weight excluding hydrogens is 261 g/mol. The SMILES string of the molecule is COC(=O)c1cncc(O)c1B1OC(C)(C)C(C)(C)O1. The standard InChI is InChI=1S/C13H18BNO5/c1-12(2)13(3,4)20-14(19-12)10-8(11(17)18-5)6-15-7-9(10)16/h6-7,16H,1-5H3. The van der Waals surface area contributed by atoms with Crippen LogP contribution in [0.15, 0.2) is 12.4 Å². The fourth-order valence-corrected chi connectivity index (χ4v) is 1.94. The van der Waals surface area contributed by atoms with Crippen molar-refractivity contribution in [2.45, 2.75) is 38.9 Å². The van der Waals surface area contributed by atoms with Gasteiger partial charge in [0.1, 0.15) is 5.75 Å². The normalized spacial score (nSPS) is 19.9. The van der Waals surface area contributed by atoms with E-state index < -0.39 is 24.3 Å². The van der Waals surface area contributed by atoms with Gasteiger partial charge in [-0.2, -0.15) is 0 Å². The number of carbonyl (C=O) groups excluding carboxylic acids is 1. The lowest BCUT2D eigenvalue weighted by Crippen LogP contribution is -2.41. The highest BCUT2D eigenvalue weighted by Gasteiger charge is 2.53. The van der Waals surface area contributed by atoms with Crippen LogP contribution < -0.4 is 5.46 Å². The molecule has 0 atom stereocenters. The Morgan fingerprint density at radius 2 is 1.80 bits per heavy atom. The molecule has 0 aliphatic carbocycles. The molecule has 1 saturated heterocycles. The zero-order valence-corrected chi connectivity index (χ0v) is 12.3. The van der Waals surface area contributed by atoms with Crippen LogP contribution in [0.25, 0.3) is 0 Å². The third-order valence-electron chi connectivity index (χ3n) is 3.86. The van der Waals surface area contributed by atoms with Crippen molar-refractivity contribution in [2.24, 2.45) is 0 Å². The molecule has 20 heavy (non-hydrogen) atoms. The van der Waals surface area contributed by atoms with Crippen LogP contribution in [0, 0.1) is 0 Å². The first-order valence-electron chi connectivity index (χ1n) is 6.30. The Balaban J connectivity index is 2.47. The molecule has 1 aromatic rings. The van der Waals surface area contributed by atoms with Gasteiger partial charge >= 0.3 is 13.1 Å². The number of hydrogen-bond acceptors (Lipinski definition) is 6. The number of esters is 1. The fraction of sp³-hybridized carbons (Fsp3) is 0.538. The summed E-state index contributed by atoms with van der Waals surface area (Å²) in [6.45, 7) is 7.57. The van der Waals surface area contributed by atoms with Crippen molar-refractivity contribution >= 4 is 18.6 Å². The van der Waals surface area contributed by atoms with E-state index in [2.05, 4.69) is 4.98 Å². The first kappa shape index (κ1) is 14.8. The van der Waals surface area contributed by atoms with Crippen molar-refractivity contribution in [2.75, 3.05) is 7.11 Å². The number of pyridine rings is 1. The smallest absolute Gasteiger partial charge is 0.499 e. The molecule has 1 aromatic heterocycles. The molecular formula is C13H18BNO5. The Labute approximate surface area is 118 Å². The molecule has 0 radical (unpaired) electrons. The molecule has 0 amide bonds. The second-order valence-electron chi connectivity index (χ2n) is 5.70. The highest BCUT2D eigenvalue weighted by molar-refractivity contribution is 6.64. The van der Waals surface area contributed by atoms with E-state index in [1.165, 1.54) is 19.5 Å². The number of carbonyl (C=O) groups is 1. The summed E-state index contributed by atoms with van der Waals surface area (Å²) >= 11 is 0. The second-order valence-corrected chi connectivity index (χ2v) is 5.70. The number of aromatic hydroxyl groups is 1. The lowest BCUT2D eigenvalue weighted by atomic mass is 9.76. The van der Waals surface area contributed by atoms with Crippen LogP contribution in [-0.4, -0.2) is 41.5 Å². The molecule has 1 fully saturated rings. The minimum Gasteiger partial charge on any atom is -0.507 e. The summed E-state index contributed by atoms with van der Waals surface area (Å²) in [5.41, 5.74) is -0.766. The van der Waals surface area contributed by atoms with Crippen molar-refractivity contribution in [1.82, 2.24) is 4.98 Å². The Bertz CT molecular complexity index is 528. The van der Waals surface area contributed by atoms with Gasteiger partial charge < -0.3 is 19.2 Å². The summed E-state index contributed by atoms with van der Waals surface area (Å²) in [6.07, 6.45) is 2.57. The van der Waals surface area contributed by atoms with E-state index in [-0.39, 0.29) is 16.8 Å². The van der Waals surface area contributed by atoms with Gasteiger partial charge in [0.05, 0.1) is 30.1 Å². The molecule has 2 heterocycles. The Morgan fingerprint density at radius 3 is 2.30 bits per heavy atom. The molecule has 108 valence electrons. The maximum absolute atomic E-state index is 11.8. The number of aromatic nitrogens is 1. The van der Waals surface area contributed by atoms with Gasteiger partial charge in [0.2, 0.25) is 0 Å². The van der Waals surface area contributed by atoms with Crippen molar-refractivity contribution in [1.29, 1.82) is 0 Å². The highest BCUT2D eigenvalue weighted by atomic mass is 16.7. The molecule has 1 N–H and O–H groups in total. The first-order chi connectivity index (χ1) is 9.19. The predicted molar refractivity (Wildman–Crippen MR) is 73.0 cm³/mol. The quantitative estimate of drug-likeness (QED) is 0.639. The third kappa shape index (κ3) is 2.27. The molecule has 7 heteroatoms. The number of rotatable bonds is 2. The highest BCUT2D eigenvalue weighted by Crippen LogP contribution is 2.37. The van der Waals surface area contributed by atoms with Crippen LogP contribution in [0.3, 0.4) is 0 Å². The van der Waals surface area contributed by atoms with Gasteiger partial charge in [-0.15, -0.1) is 0 Å². The minimum absolute atomic E-state index is 0.131. The predicted octanol–water partition coefficient (Wildman–Crippen LogP) is 0.873. The molecule has 0 bridgehead atoms. The van der Waals surface area contributed by atoms with Gasteiger partial charge in [-0.25, -0.2) is 4.79 Å². The van der Waals surface area contributed by atoms with E-state index >= 15 is 0 Å². The Hall–Kier alpha value is -1.60. The number of methoxy groups -OCH3 is 1. The zero-order valence-electron chi connectivity index (χ0n) is 12.3. The van der Waals surface area contributed by atoms with E-state index in [1.54, 1.807) is 0 Å². The summed E-state index contributed by atoms with van der Waals surface area (Å²) in [4.78, 5) is 15.6. The molecule has 0 unspecified atom stereocenters. The van der Waals surface area contributed by atoms with Crippen LogP contribution in [0.4, 0.5) is 0 Å². The number of nitrogens with zero attached hydrogens (tertiary/aromatic N) is 1. The Morgan fingerprint density at radius 1 is 1.25 bits per heavy atom. The topological polar surface area (TPSA) is 77.9 Å². The average molecular weight is 279 g/mol. The number of ether oxygens (including phenoxy) is 1. The first-order valence-corrected chi connectivity index (χ1v) is 6.30. The van der Waals surface area contributed by atoms with E-state index in [0.29, 0.717) is 0 Å². The molecule has 0 aromatic carbocycles. The van der Waals surface area contributed by atoms with E-state index in [1.807, 2.05) is 27.7 Å². The van der Waals surface area contributed by atoms with Crippen LogP contribution in [-0.2, 0) is 14.0 Å². The maximum atomic E-state index is 11.8. The van der Waals surface area contributed by atoms with Gasteiger partial charge in [-0.05, 0) is 27.7 Å². The molecule has 1 aliphatic heterocycles. The minimum atomic E-state index is -0.850. The van der Waals surface area contributed by atoms with Crippen molar-refractivity contribution in [3.05, 3.63) is 18.0 Å². The van der Waals surface area contributed by atoms with Gasteiger partial charge in [-0.3, -0.25) is 4.98 Å². The van der Waals surface area contributed by atoms with Crippen LogP contribution in [0.1, 0.15) is 38.1 Å². The van der Waals surface area contributed by atoms with Gasteiger partial charge in [0.25, 0.3) is 0 Å². The molecule has 1 aliphatic rings. The molecule has 6 nitrogen and oxygen atoms in total. The Kier molecular flexibility index (Phi) is 3.52. The summed E-state index contributed by atoms with van der Waals surface area (Å²) in [7, 11) is 0.414. The molecule has 2 rings (SSSR count). The maximum Gasteiger partial charge on any atom is 0.499 e. The molecule has 0 spiro atoms. The summed E-state index contributed by atoms with van der Waals surface area (Å²) in [6, 6.07) is 0. The number of hydrogen-bond donors (Lipinski definition) is 1. The lowest BCUT2D eigenvalue weighted by Gasteiger charge is -2.32. The van der Waals surface area contributed by atoms with Crippen molar-refractivity contribution in [3.63, 3.8) is 0 Å². The van der Waals surface area contributed by atoms with Crippen LogP contribution >= 0.6 is 0 Å². The van der Waals surface area contributed by atoms with Gasteiger partial charge in [-0.1, -0.05) is 0 Å². The lowest BCUT2D eigenvalue weighted by molar-refractivity contribution is 0.00578. The summed E-state index contributed by atoms with van der Waals surface area (Å²) in [5, 5.41) is 10.0. The summed E-state index contributed by atoms with van der Waals surface area (Å²) in [5.74, 6) is -0.760.